The number of Topliss-reactive ketones (excluding diaryl/α,β-unsaturated/α-hetero) is 1. The Labute approximate surface area is 184 Å². The predicted octanol–water partition coefficient (Wildman–Crippen LogP) is 4.83. The van der Waals surface area contributed by atoms with Crippen molar-refractivity contribution in [3.05, 3.63) is 33.4 Å². The second-order valence-corrected chi connectivity index (χ2v) is 9.10. The number of ether oxygens (including phenoxy) is 2. The largest absolute Gasteiger partial charge is 0.503 e. The van der Waals surface area contributed by atoms with Gasteiger partial charge in [0.2, 0.25) is 0 Å². The van der Waals surface area contributed by atoms with E-state index in [1.807, 2.05) is 6.92 Å². The SMILES string of the molecule is COc1cc([C@H]2C3=C(CCCC3=O)N=C(C)C2C(=O)OC2CCCC2)cc(Br)c1O. The molecule has 0 radical (unpaired) electrons. The van der Waals surface area contributed by atoms with Gasteiger partial charge in [-0.1, -0.05) is 0 Å². The van der Waals surface area contributed by atoms with Crippen molar-refractivity contribution in [2.24, 2.45) is 10.9 Å². The fraction of sp³-hybridized carbons (Fsp3) is 0.522. The zero-order chi connectivity index (χ0) is 21.4. The van der Waals surface area contributed by atoms with Gasteiger partial charge in [-0.15, -0.1) is 0 Å². The molecule has 1 aliphatic heterocycles. The van der Waals surface area contributed by atoms with E-state index in [2.05, 4.69) is 20.9 Å². The van der Waals surface area contributed by atoms with Gasteiger partial charge in [-0.25, -0.2) is 0 Å². The van der Waals surface area contributed by atoms with Crippen molar-refractivity contribution in [1.29, 1.82) is 0 Å². The number of aliphatic imine (C=N–C) groups is 1. The number of esters is 1. The molecule has 6 nitrogen and oxygen atoms in total. The van der Waals surface area contributed by atoms with Gasteiger partial charge in [0.25, 0.3) is 0 Å². The Hall–Kier alpha value is -2.15. The van der Waals surface area contributed by atoms with Gasteiger partial charge in [0.05, 0.1) is 11.6 Å². The van der Waals surface area contributed by atoms with Gasteiger partial charge in [-0.3, -0.25) is 14.6 Å². The first kappa shape index (κ1) is 21.1. The normalized spacial score (nSPS) is 24.5. The molecule has 0 bridgehead atoms. The van der Waals surface area contributed by atoms with Crippen LogP contribution in [-0.2, 0) is 14.3 Å². The van der Waals surface area contributed by atoms with E-state index < -0.39 is 11.8 Å². The van der Waals surface area contributed by atoms with Crippen LogP contribution in [0.1, 0.15) is 63.4 Å². The van der Waals surface area contributed by atoms with Gasteiger partial charge in [0.1, 0.15) is 12.0 Å². The van der Waals surface area contributed by atoms with Crippen LogP contribution in [0.5, 0.6) is 11.5 Å². The van der Waals surface area contributed by atoms with E-state index in [9.17, 15) is 14.7 Å². The molecule has 2 aliphatic carbocycles. The van der Waals surface area contributed by atoms with Crippen LogP contribution >= 0.6 is 15.9 Å². The highest BCUT2D eigenvalue weighted by molar-refractivity contribution is 9.10. The molecule has 1 heterocycles. The summed E-state index contributed by atoms with van der Waals surface area (Å²) >= 11 is 3.37. The Kier molecular flexibility index (Phi) is 6.00. The van der Waals surface area contributed by atoms with Crippen LogP contribution in [-0.4, -0.2) is 35.8 Å². The maximum atomic E-state index is 13.3. The fourth-order valence-electron chi connectivity index (χ4n) is 4.84. The lowest BCUT2D eigenvalue weighted by Gasteiger charge is -2.35. The number of methoxy groups -OCH3 is 1. The number of ketones is 1. The van der Waals surface area contributed by atoms with E-state index in [1.54, 1.807) is 12.1 Å². The Bertz CT molecular complexity index is 945. The molecule has 30 heavy (non-hydrogen) atoms. The second kappa shape index (κ2) is 8.53. The van der Waals surface area contributed by atoms with Crippen molar-refractivity contribution >= 4 is 33.4 Å². The van der Waals surface area contributed by atoms with Crippen LogP contribution in [0.25, 0.3) is 0 Å². The molecule has 1 aromatic rings. The number of rotatable bonds is 4. The van der Waals surface area contributed by atoms with Crippen LogP contribution < -0.4 is 4.74 Å². The Morgan fingerprint density at radius 3 is 2.63 bits per heavy atom. The summed E-state index contributed by atoms with van der Waals surface area (Å²) < 4.78 is 11.6. The summed E-state index contributed by atoms with van der Waals surface area (Å²) in [7, 11) is 1.47. The number of aromatic hydroxyl groups is 1. The number of hydrogen-bond acceptors (Lipinski definition) is 6. The molecule has 1 unspecified atom stereocenters. The number of phenols is 1. The summed E-state index contributed by atoms with van der Waals surface area (Å²) in [6, 6.07) is 3.45. The van der Waals surface area contributed by atoms with Crippen molar-refractivity contribution < 1.29 is 24.2 Å². The zero-order valence-corrected chi connectivity index (χ0v) is 18.8. The van der Waals surface area contributed by atoms with E-state index >= 15 is 0 Å². The molecule has 160 valence electrons. The monoisotopic (exact) mass is 475 g/mol. The summed E-state index contributed by atoms with van der Waals surface area (Å²) in [5.41, 5.74) is 2.75. The number of hydrogen-bond donors (Lipinski definition) is 1. The van der Waals surface area contributed by atoms with E-state index in [0.717, 1.165) is 49.8 Å². The average molecular weight is 476 g/mol. The van der Waals surface area contributed by atoms with Crippen molar-refractivity contribution in [3.8, 4) is 11.5 Å². The zero-order valence-electron chi connectivity index (χ0n) is 17.2. The van der Waals surface area contributed by atoms with Crippen LogP contribution in [0.15, 0.2) is 32.9 Å². The molecule has 1 saturated carbocycles. The Morgan fingerprint density at radius 2 is 1.93 bits per heavy atom. The first-order chi connectivity index (χ1) is 14.4. The van der Waals surface area contributed by atoms with Crippen LogP contribution in [0.3, 0.4) is 0 Å². The number of carbonyl (C=O) groups excluding carboxylic acids is 2. The summed E-state index contributed by atoms with van der Waals surface area (Å²) in [6.45, 7) is 1.84. The van der Waals surface area contributed by atoms with Gasteiger partial charge in [-0.05, 0) is 79.1 Å². The maximum Gasteiger partial charge on any atom is 0.315 e. The second-order valence-electron chi connectivity index (χ2n) is 8.24. The standard InChI is InChI=1S/C23H26BrNO5/c1-12-19(23(28)30-14-6-3-4-7-14)20(21-16(25-12)8-5-9-17(21)26)13-10-15(24)22(27)18(11-13)29-2/h10-11,14,19-20,27H,3-9H2,1-2H3/t19?,20-/m1/s1. The third-order valence-corrected chi connectivity index (χ3v) is 6.91. The van der Waals surface area contributed by atoms with Crippen molar-refractivity contribution in [3.63, 3.8) is 0 Å². The molecule has 2 atom stereocenters. The maximum absolute atomic E-state index is 13.3. The van der Waals surface area contributed by atoms with Crippen molar-refractivity contribution in [2.75, 3.05) is 7.11 Å². The molecule has 7 heteroatoms. The van der Waals surface area contributed by atoms with Gasteiger partial charge in [-0.2, -0.15) is 0 Å². The summed E-state index contributed by atoms with van der Waals surface area (Å²) in [4.78, 5) is 30.9. The number of carbonyl (C=O) groups is 2. The lowest BCUT2D eigenvalue weighted by Crippen LogP contribution is -2.38. The highest BCUT2D eigenvalue weighted by Gasteiger charge is 2.44. The van der Waals surface area contributed by atoms with Crippen molar-refractivity contribution in [2.45, 2.75) is 63.9 Å². The molecule has 1 aromatic carbocycles. The minimum atomic E-state index is -0.674. The molecule has 1 fully saturated rings. The number of allylic oxidation sites excluding steroid dienone is 2. The first-order valence-corrected chi connectivity index (χ1v) is 11.3. The fourth-order valence-corrected chi connectivity index (χ4v) is 5.30. The summed E-state index contributed by atoms with van der Waals surface area (Å²) in [5.74, 6) is -1.22. The molecule has 3 aliphatic rings. The Balaban J connectivity index is 1.81. The quantitative estimate of drug-likeness (QED) is 0.630. The summed E-state index contributed by atoms with van der Waals surface area (Å²) in [6.07, 6.45) is 5.76. The topological polar surface area (TPSA) is 85.2 Å². The molecule has 0 aromatic heterocycles. The van der Waals surface area contributed by atoms with Gasteiger partial charge in [0, 0.05) is 29.3 Å². The molecular weight excluding hydrogens is 450 g/mol. The van der Waals surface area contributed by atoms with Crippen LogP contribution in [0, 0.1) is 5.92 Å². The number of phenolic OH excluding ortho intramolecular Hbond substituents is 1. The van der Waals surface area contributed by atoms with Gasteiger partial charge < -0.3 is 14.6 Å². The minimum Gasteiger partial charge on any atom is -0.503 e. The number of nitrogens with zero attached hydrogens (tertiary/aromatic N) is 1. The lowest BCUT2D eigenvalue weighted by atomic mass is 9.71. The van der Waals surface area contributed by atoms with Crippen molar-refractivity contribution in [1.82, 2.24) is 0 Å². The first-order valence-electron chi connectivity index (χ1n) is 10.5. The minimum absolute atomic E-state index is 0.0169. The molecule has 0 amide bonds. The van der Waals surface area contributed by atoms with Gasteiger partial charge in [0.15, 0.2) is 17.3 Å². The molecule has 0 saturated heterocycles. The predicted molar refractivity (Wildman–Crippen MR) is 116 cm³/mol. The third kappa shape index (κ3) is 3.80. The lowest BCUT2D eigenvalue weighted by molar-refractivity contribution is -0.151. The molecular formula is C23H26BrNO5. The highest BCUT2D eigenvalue weighted by atomic mass is 79.9. The van der Waals surface area contributed by atoms with E-state index in [0.29, 0.717) is 22.2 Å². The summed E-state index contributed by atoms with van der Waals surface area (Å²) in [5, 5.41) is 10.3. The molecule has 4 rings (SSSR count). The Morgan fingerprint density at radius 1 is 1.20 bits per heavy atom. The van der Waals surface area contributed by atoms with Crippen LogP contribution in [0.2, 0.25) is 0 Å². The average Bonchev–Trinajstić information content (AvgIpc) is 3.22. The van der Waals surface area contributed by atoms with E-state index in [1.165, 1.54) is 7.11 Å². The molecule has 0 spiro atoms. The smallest absolute Gasteiger partial charge is 0.315 e. The highest BCUT2D eigenvalue weighted by Crippen LogP contribution is 2.47. The molecule has 1 N–H and O–H groups in total. The van der Waals surface area contributed by atoms with Crippen LogP contribution in [0.4, 0.5) is 0 Å². The van der Waals surface area contributed by atoms with Gasteiger partial charge >= 0.3 is 5.97 Å². The number of benzene rings is 1. The third-order valence-electron chi connectivity index (χ3n) is 6.30. The van der Waals surface area contributed by atoms with E-state index in [-0.39, 0.29) is 29.4 Å². The number of halogens is 1. The van der Waals surface area contributed by atoms with E-state index in [4.69, 9.17) is 9.47 Å².